The van der Waals surface area contributed by atoms with Crippen molar-refractivity contribution in [3.63, 3.8) is 0 Å². The van der Waals surface area contributed by atoms with Crippen molar-refractivity contribution in [2.24, 2.45) is 0 Å². The molecular formula is C4H7Cl. The van der Waals surface area contributed by atoms with E-state index in [1.54, 1.807) is 0 Å². The number of halogens is 1. The number of hydrogen-bond donors (Lipinski definition) is 0. The predicted octanol–water partition coefficient (Wildman–Crippen LogP) is 2.15. The van der Waals surface area contributed by atoms with E-state index in [1.165, 1.54) is 5.54 Å². The quantitative estimate of drug-likeness (QED) is 0.463. The summed E-state index contributed by atoms with van der Waals surface area (Å²) >= 11 is 5.12. The average molecular weight is 90.6 g/mol. The van der Waals surface area contributed by atoms with Crippen molar-refractivity contribution in [1.82, 2.24) is 0 Å². The van der Waals surface area contributed by atoms with E-state index in [0.717, 1.165) is 6.42 Å². The first-order chi connectivity index (χ1) is 2.41. The molecule has 0 aliphatic heterocycles. The molecule has 30 valence electrons. The zero-order chi connectivity index (χ0) is 4.12. The van der Waals surface area contributed by atoms with Crippen molar-refractivity contribution in [2.75, 3.05) is 0 Å². The molecule has 0 aromatic carbocycles. The molecule has 0 spiro atoms. The Bertz CT molecular complexity index is 30.6. The Kier molecular flexibility index (Phi) is 4.05. The molecule has 0 rings (SSSR count). The van der Waals surface area contributed by atoms with Crippen molar-refractivity contribution in [3.8, 4) is 0 Å². The fourth-order valence-corrected chi connectivity index (χ4v) is 0.267. The second-order valence-corrected chi connectivity index (χ2v) is 1.02. The zero-order valence-electron chi connectivity index (χ0n) is 3.24. The van der Waals surface area contributed by atoms with Crippen LogP contribution in [0.4, 0.5) is 0 Å². The molecule has 0 saturated heterocycles. The number of allylic oxidation sites excluding steroid dienone is 1. The molecule has 1 heteroatoms. The van der Waals surface area contributed by atoms with Gasteiger partial charge in [-0.3, -0.25) is 0 Å². The van der Waals surface area contributed by atoms with Crippen LogP contribution in [0, 0.1) is 0 Å². The van der Waals surface area contributed by atoms with Crippen molar-refractivity contribution in [3.05, 3.63) is 11.6 Å². The highest BCUT2D eigenvalue weighted by Gasteiger charge is 1.53. The van der Waals surface area contributed by atoms with Gasteiger partial charge in [0, 0.05) is 5.54 Å². The third-order valence-corrected chi connectivity index (χ3v) is 0.503. The van der Waals surface area contributed by atoms with Crippen LogP contribution in [0.5, 0.6) is 0 Å². The van der Waals surface area contributed by atoms with Gasteiger partial charge in [-0.1, -0.05) is 24.6 Å². The third kappa shape index (κ3) is 4.03. The lowest BCUT2D eigenvalue weighted by Gasteiger charge is -1.63. The van der Waals surface area contributed by atoms with Gasteiger partial charge in [-0.25, -0.2) is 0 Å². The molecule has 0 saturated carbocycles. The standard InChI is InChI=1S/C4H7Cl/c1-2-3-4-5/h3-4H,2H2,1H3/b4-3-. The molecule has 0 N–H and O–H groups in total. The summed E-state index contributed by atoms with van der Waals surface area (Å²) in [6.07, 6.45) is 2.92. The molecule has 0 aliphatic carbocycles. The first kappa shape index (κ1) is 5.03. The minimum Gasteiger partial charge on any atom is -0.0933 e. The van der Waals surface area contributed by atoms with Crippen LogP contribution in [-0.4, -0.2) is 0 Å². The van der Waals surface area contributed by atoms with Gasteiger partial charge in [0.05, 0.1) is 0 Å². The lowest BCUT2D eigenvalue weighted by molar-refractivity contribution is 1.23. The van der Waals surface area contributed by atoms with Crippen molar-refractivity contribution >= 4 is 11.6 Å². The summed E-state index contributed by atoms with van der Waals surface area (Å²) in [7, 11) is 0. The molecule has 0 aromatic heterocycles. The highest BCUT2D eigenvalue weighted by atomic mass is 35.5. The third-order valence-electron chi connectivity index (χ3n) is 0.325. The molecule has 0 atom stereocenters. The Morgan fingerprint density at radius 3 is 2.40 bits per heavy atom. The van der Waals surface area contributed by atoms with E-state index in [1.807, 2.05) is 13.0 Å². The van der Waals surface area contributed by atoms with E-state index >= 15 is 0 Å². The first-order valence-corrected chi connectivity index (χ1v) is 2.10. The summed E-state index contributed by atoms with van der Waals surface area (Å²) in [5.41, 5.74) is 1.53. The number of hydrogen-bond acceptors (Lipinski definition) is 0. The second-order valence-electron chi connectivity index (χ2n) is 0.770. The van der Waals surface area contributed by atoms with Gasteiger partial charge in [0.15, 0.2) is 0 Å². The van der Waals surface area contributed by atoms with Crippen LogP contribution >= 0.6 is 11.6 Å². The summed E-state index contributed by atoms with van der Waals surface area (Å²) in [5.74, 6) is 0. The maximum Gasteiger partial charge on any atom is 0.000235 e. The fraction of sp³-hybridized carbons (Fsp3) is 0.500. The van der Waals surface area contributed by atoms with Crippen LogP contribution in [0.1, 0.15) is 13.3 Å². The lowest BCUT2D eigenvalue weighted by Crippen LogP contribution is -1.41. The van der Waals surface area contributed by atoms with Gasteiger partial charge in [0.2, 0.25) is 0 Å². The largest absolute Gasteiger partial charge is 0.0933 e. The molecule has 0 radical (unpaired) electrons. The van der Waals surface area contributed by atoms with Crippen LogP contribution in [0.2, 0.25) is 0 Å². The molecule has 0 aliphatic rings. The van der Waals surface area contributed by atoms with E-state index < -0.39 is 0 Å². The Hall–Kier alpha value is 0.0300. The highest BCUT2D eigenvalue weighted by molar-refractivity contribution is 6.25. The van der Waals surface area contributed by atoms with Gasteiger partial charge in [0.25, 0.3) is 0 Å². The predicted molar refractivity (Wildman–Crippen MR) is 25.3 cm³/mol. The summed E-state index contributed by atoms with van der Waals surface area (Å²) < 4.78 is 0. The van der Waals surface area contributed by atoms with Crippen LogP contribution in [0.3, 0.4) is 0 Å². The molecule has 0 amide bonds. The van der Waals surface area contributed by atoms with Gasteiger partial charge < -0.3 is 0 Å². The Morgan fingerprint density at radius 2 is 2.40 bits per heavy atom. The fourth-order valence-electron chi connectivity index (χ4n) is 0.0891. The summed E-state index contributed by atoms with van der Waals surface area (Å²) in [5, 5.41) is 0. The van der Waals surface area contributed by atoms with Crippen molar-refractivity contribution in [1.29, 1.82) is 0 Å². The second kappa shape index (κ2) is 4.03. The monoisotopic (exact) mass is 90.0 g/mol. The van der Waals surface area contributed by atoms with E-state index in [2.05, 4.69) is 0 Å². The normalized spacial score (nSPS) is 10.0. The van der Waals surface area contributed by atoms with Gasteiger partial charge in [-0.15, -0.1) is 0 Å². The number of rotatable bonds is 1. The van der Waals surface area contributed by atoms with Gasteiger partial charge in [-0.05, 0) is 6.42 Å². The van der Waals surface area contributed by atoms with Crippen molar-refractivity contribution < 1.29 is 0 Å². The molecule has 0 heterocycles. The van der Waals surface area contributed by atoms with Gasteiger partial charge >= 0.3 is 0 Å². The minimum absolute atomic E-state index is 1.03. The van der Waals surface area contributed by atoms with Crippen LogP contribution in [0.25, 0.3) is 0 Å². The van der Waals surface area contributed by atoms with Crippen LogP contribution < -0.4 is 0 Å². The minimum atomic E-state index is 1.03. The molecule has 0 aromatic rings. The SMILES string of the molecule is CC/C=C\Cl. The van der Waals surface area contributed by atoms with E-state index in [4.69, 9.17) is 11.6 Å². The topological polar surface area (TPSA) is 0 Å². The van der Waals surface area contributed by atoms with Crippen LogP contribution in [-0.2, 0) is 0 Å². The molecule has 0 fully saturated rings. The Morgan fingerprint density at radius 1 is 1.80 bits per heavy atom. The molecule has 0 nitrogen and oxygen atoms in total. The maximum absolute atomic E-state index is 5.12. The van der Waals surface area contributed by atoms with Gasteiger partial charge in [0.1, 0.15) is 0 Å². The summed E-state index contributed by atoms with van der Waals surface area (Å²) in [6.45, 7) is 2.04. The molecule has 0 bridgehead atoms. The first-order valence-electron chi connectivity index (χ1n) is 1.67. The maximum atomic E-state index is 5.12. The van der Waals surface area contributed by atoms with Gasteiger partial charge in [-0.2, -0.15) is 0 Å². The Balaban J connectivity index is 2.62. The molecule has 0 unspecified atom stereocenters. The highest BCUT2D eigenvalue weighted by Crippen LogP contribution is 1.80. The summed E-state index contributed by atoms with van der Waals surface area (Å²) in [6, 6.07) is 0. The zero-order valence-corrected chi connectivity index (χ0v) is 4.00. The summed E-state index contributed by atoms with van der Waals surface area (Å²) in [4.78, 5) is 0. The average Bonchev–Trinajstić information content (AvgIpc) is 1.41. The lowest BCUT2D eigenvalue weighted by atomic mass is 10.5. The van der Waals surface area contributed by atoms with E-state index in [0.29, 0.717) is 0 Å². The van der Waals surface area contributed by atoms with E-state index in [-0.39, 0.29) is 0 Å². The smallest absolute Gasteiger partial charge is 0.000235 e. The van der Waals surface area contributed by atoms with Crippen molar-refractivity contribution in [2.45, 2.75) is 13.3 Å². The van der Waals surface area contributed by atoms with Crippen LogP contribution in [0.15, 0.2) is 11.6 Å². The Labute approximate surface area is 37.4 Å². The molecular weight excluding hydrogens is 83.5 g/mol. The molecule has 5 heavy (non-hydrogen) atoms. The van der Waals surface area contributed by atoms with E-state index in [9.17, 15) is 0 Å².